The van der Waals surface area contributed by atoms with E-state index in [0.29, 0.717) is 12.3 Å². The molecule has 84 valence electrons. The summed E-state index contributed by atoms with van der Waals surface area (Å²) in [4.78, 5) is 11.5. The van der Waals surface area contributed by atoms with Gasteiger partial charge in [-0.1, -0.05) is 5.21 Å². The van der Waals surface area contributed by atoms with Crippen LogP contribution in [0.4, 0.5) is 0 Å². The number of aromatic nitrogens is 3. The Morgan fingerprint density at radius 2 is 2.07 bits per heavy atom. The van der Waals surface area contributed by atoms with E-state index in [1.54, 1.807) is 11.6 Å². The third kappa shape index (κ3) is 2.34. The lowest BCUT2D eigenvalue weighted by Gasteiger charge is -2.19. The average molecular weight is 211 g/mol. The highest BCUT2D eigenvalue weighted by Crippen LogP contribution is 2.16. The van der Waals surface area contributed by atoms with Crippen molar-refractivity contribution in [3.8, 4) is 0 Å². The second-order valence-electron chi connectivity index (χ2n) is 4.33. The van der Waals surface area contributed by atoms with Gasteiger partial charge in [-0.3, -0.25) is 0 Å². The summed E-state index contributed by atoms with van der Waals surface area (Å²) in [6, 6.07) is 0. The molecule has 5 heteroatoms. The summed E-state index contributed by atoms with van der Waals surface area (Å²) in [5.41, 5.74) is 0.856. The molecule has 0 aromatic carbocycles. The smallest absolute Gasteiger partial charge is 0.360 e. The SMILES string of the molecule is CCOC(=O)c1nnn(C(C)(C)C)c1C. The molecule has 1 rings (SSSR count). The van der Waals surface area contributed by atoms with Gasteiger partial charge in [0, 0.05) is 0 Å². The van der Waals surface area contributed by atoms with E-state index < -0.39 is 5.97 Å². The van der Waals surface area contributed by atoms with E-state index in [4.69, 9.17) is 4.74 Å². The van der Waals surface area contributed by atoms with Crippen LogP contribution < -0.4 is 0 Å². The van der Waals surface area contributed by atoms with Gasteiger partial charge in [-0.15, -0.1) is 5.10 Å². The van der Waals surface area contributed by atoms with Crippen LogP contribution in [0.2, 0.25) is 0 Å². The highest BCUT2D eigenvalue weighted by Gasteiger charge is 2.23. The lowest BCUT2D eigenvalue weighted by molar-refractivity contribution is 0.0518. The van der Waals surface area contributed by atoms with E-state index in [0.717, 1.165) is 5.69 Å². The number of hydrogen-bond acceptors (Lipinski definition) is 4. The number of ether oxygens (including phenoxy) is 1. The minimum atomic E-state index is -0.412. The molecule has 0 saturated carbocycles. The van der Waals surface area contributed by atoms with Crippen molar-refractivity contribution >= 4 is 5.97 Å². The molecule has 0 aliphatic carbocycles. The van der Waals surface area contributed by atoms with Crippen LogP contribution in [0.25, 0.3) is 0 Å². The van der Waals surface area contributed by atoms with Crippen LogP contribution in [-0.4, -0.2) is 27.6 Å². The highest BCUT2D eigenvalue weighted by molar-refractivity contribution is 5.88. The Balaban J connectivity index is 3.04. The van der Waals surface area contributed by atoms with Crippen molar-refractivity contribution in [2.24, 2.45) is 0 Å². The molecule has 15 heavy (non-hydrogen) atoms. The second kappa shape index (κ2) is 4.00. The summed E-state index contributed by atoms with van der Waals surface area (Å²) in [5, 5.41) is 7.80. The number of hydrogen-bond donors (Lipinski definition) is 0. The Bertz CT molecular complexity index is 363. The fourth-order valence-electron chi connectivity index (χ4n) is 1.35. The maximum absolute atomic E-state index is 11.5. The number of nitrogens with zero attached hydrogens (tertiary/aromatic N) is 3. The van der Waals surface area contributed by atoms with Gasteiger partial charge in [-0.25, -0.2) is 9.48 Å². The zero-order chi connectivity index (χ0) is 11.6. The van der Waals surface area contributed by atoms with E-state index in [1.165, 1.54) is 0 Å². The van der Waals surface area contributed by atoms with Crippen molar-refractivity contribution in [3.05, 3.63) is 11.4 Å². The zero-order valence-corrected chi connectivity index (χ0v) is 9.87. The van der Waals surface area contributed by atoms with Gasteiger partial charge in [-0.2, -0.15) is 0 Å². The maximum Gasteiger partial charge on any atom is 0.360 e. The normalized spacial score (nSPS) is 11.5. The molecule has 0 spiro atoms. The van der Waals surface area contributed by atoms with Gasteiger partial charge >= 0.3 is 5.97 Å². The molecule has 0 radical (unpaired) electrons. The van der Waals surface area contributed by atoms with Crippen LogP contribution >= 0.6 is 0 Å². The van der Waals surface area contributed by atoms with Gasteiger partial charge in [-0.05, 0) is 34.6 Å². The molecule has 0 fully saturated rings. The molecule has 0 saturated heterocycles. The fraction of sp³-hybridized carbons (Fsp3) is 0.700. The highest BCUT2D eigenvalue weighted by atomic mass is 16.5. The summed E-state index contributed by atoms with van der Waals surface area (Å²) in [6.07, 6.45) is 0. The summed E-state index contributed by atoms with van der Waals surface area (Å²) in [5.74, 6) is -0.412. The van der Waals surface area contributed by atoms with Crippen LogP contribution in [0.1, 0.15) is 43.9 Å². The van der Waals surface area contributed by atoms with Crippen LogP contribution in [0.15, 0.2) is 0 Å². The molecule has 0 N–H and O–H groups in total. The Kier molecular flexibility index (Phi) is 3.12. The van der Waals surface area contributed by atoms with Crippen molar-refractivity contribution in [1.29, 1.82) is 0 Å². The van der Waals surface area contributed by atoms with Gasteiger partial charge in [0.15, 0.2) is 5.69 Å². The Morgan fingerprint density at radius 1 is 1.47 bits per heavy atom. The van der Waals surface area contributed by atoms with Gasteiger partial charge in [0.2, 0.25) is 0 Å². The molecule has 5 nitrogen and oxygen atoms in total. The molecule has 0 aliphatic rings. The van der Waals surface area contributed by atoms with E-state index in [-0.39, 0.29) is 5.54 Å². The summed E-state index contributed by atoms with van der Waals surface area (Å²) < 4.78 is 6.60. The quantitative estimate of drug-likeness (QED) is 0.696. The van der Waals surface area contributed by atoms with Crippen molar-refractivity contribution in [2.45, 2.75) is 40.2 Å². The first-order chi connectivity index (χ1) is 6.88. The molecule has 0 aliphatic heterocycles. The van der Waals surface area contributed by atoms with Crippen LogP contribution in [0, 0.1) is 6.92 Å². The number of carbonyl (C=O) groups is 1. The summed E-state index contributed by atoms with van der Waals surface area (Å²) in [7, 11) is 0. The third-order valence-corrected chi connectivity index (χ3v) is 2.00. The number of rotatable bonds is 2. The first-order valence-electron chi connectivity index (χ1n) is 4.97. The second-order valence-corrected chi connectivity index (χ2v) is 4.33. The van der Waals surface area contributed by atoms with E-state index in [9.17, 15) is 4.79 Å². The van der Waals surface area contributed by atoms with Crippen molar-refractivity contribution in [2.75, 3.05) is 6.61 Å². The van der Waals surface area contributed by atoms with Crippen molar-refractivity contribution in [1.82, 2.24) is 15.0 Å². The van der Waals surface area contributed by atoms with Crippen LogP contribution in [0.3, 0.4) is 0 Å². The standard InChI is InChI=1S/C10H17N3O2/c1-6-15-9(14)8-7(2)13(12-11-8)10(3,4)5/h6H2,1-5H3. The summed E-state index contributed by atoms with van der Waals surface area (Å²) >= 11 is 0. The first-order valence-corrected chi connectivity index (χ1v) is 4.97. The molecule has 0 unspecified atom stereocenters. The fourth-order valence-corrected chi connectivity index (χ4v) is 1.35. The van der Waals surface area contributed by atoms with E-state index in [1.807, 2.05) is 27.7 Å². The predicted octanol–water partition coefficient (Wildman–Crippen LogP) is 1.52. The molecule has 0 amide bonds. The molecule has 0 atom stereocenters. The molecule has 1 heterocycles. The van der Waals surface area contributed by atoms with Gasteiger partial charge in [0.25, 0.3) is 0 Å². The van der Waals surface area contributed by atoms with E-state index >= 15 is 0 Å². The molecule has 0 bridgehead atoms. The van der Waals surface area contributed by atoms with Crippen LogP contribution in [-0.2, 0) is 10.3 Å². The van der Waals surface area contributed by atoms with Crippen molar-refractivity contribution < 1.29 is 9.53 Å². The Hall–Kier alpha value is -1.39. The monoisotopic (exact) mass is 211 g/mol. The van der Waals surface area contributed by atoms with E-state index in [2.05, 4.69) is 10.3 Å². The number of esters is 1. The van der Waals surface area contributed by atoms with Crippen molar-refractivity contribution in [3.63, 3.8) is 0 Å². The first kappa shape index (κ1) is 11.7. The van der Waals surface area contributed by atoms with Gasteiger partial charge in [0.05, 0.1) is 17.8 Å². The summed E-state index contributed by atoms with van der Waals surface area (Å²) in [6.45, 7) is 9.94. The molecular formula is C10H17N3O2. The van der Waals surface area contributed by atoms with Crippen LogP contribution in [0.5, 0.6) is 0 Å². The average Bonchev–Trinajstić information content (AvgIpc) is 2.46. The lowest BCUT2D eigenvalue weighted by Crippen LogP contribution is -2.24. The molecule has 1 aromatic rings. The molecular weight excluding hydrogens is 194 g/mol. The minimum absolute atomic E-state index is 0.179. The third-order valence-electron chi connectivity index (χ3n) is 2.00. The Morgan fingerprint density at radius 3 is 2.47 bits per heavy atom. The minimum Gasteiger partial charge on any atom is -0.461 e. The lowest BCUT2D eigenvalue weighted by atomic mass is 10.1. The maximum atomic E-state index is 11.5. The largest absolute Gasteiger partial charge is 0.461 e. The molecule has 1 aromatic heterocycles. The predicted molar refractivity (Wildman–Crippen MR) is 55.7 cm³/mol. The van der Waals surface area contributed by atoms with Gasteiger partial charge < -0.3 is 4.74 Å². The zero-order valence-electron chi connectivity index (χ0n) is 9.87. The topological polar surface area (TPSA) is 57.0 Å². The Labute approximate surface area is 89.4 Å². The number of carbonyl (C=O) groups excluding carboxylic acids is 1. The van der Waals surface area contributed by atoms with Gasteiger partial charge in [0.1, 0.15) is 0 Å².